The van der Waals surface area contributed by atoms with E-state index in [1.54, 1.807) is 24.5 Å². The number of ether oxygens (including phenoxy) is 1. The van der Waals surface area contributed by atoms with Gasteiger partial charge in [0.15, 0.2) is 0 Å². The van der Waals surface area contributed by atoms with Crippen LogP contribution in [0.2, 0.25) is 0 Å². The summed E-state index contributed by atoms with van der Waals surface area (Å²) in [7, 11) is 0. The second-order valence-electron chi connectivity index (χ2n) is 5.96. The molecule has 1 aliphatic heterocycles. The summed E-state index contributed by atoms with van der Waals surface area (Å²) in [6.45, 7) is 4.63. The highest BCUT2D eigenvalue weighted by Gasteiger charge is 2.31. The van der Waals surface area contributed by atoms with E-state index in [-0.39, 0.29) is 18.1 Å². The molecule has 2 aromatic heterocycles. The van der Waals surface area contributed by atoms with Crippen LogP contribution in [-0.4, -0.2) is 33.4 Å². The van der Waals surface area contributed by atoms with Gasteiger partial charge in [0, 0.05) is 25.0 Å². The maximum Gasteiger partial charge on any atom is 0.273 e. The van der Waals surface area contributed by atoms with E-state index in [2.05, 4.69) is 9.97 Å². The van der Waals surface area contributed by atoms with Crippen LogP contribution in [0, 0.1) is 0 Å². The molecule has 0 unspecified atom stereocenters. The average Bonchev–Trinajstić information content (AvgIpc) is 3.04. The smallest absolute Gasteiger partial charge is 0.273 e. The van der Waals surface area contributed by atoms with Gasteiger partial charge in [-0.15, -0.1) is 0 Å². The van der Waals surface area contributed by atoms with E-state index in [1.807, 2.05) is 36.9 Å². The molecule has 0 aliphatic carbocycles. The molecule has 1 amide bonds. The van der Waals surface area contributed by atoms with Crippen molar-refractivity contribution in [1.82, 2.24) is 14.9 Å². The van der Waals surface area contributed by atoms with Gasteiger partial charge in [0.25, 0.3) is 5.91 Å². The van der Waals surface area contributed by atoms with Crippen molar-refractivity contribution in [3.8, 4) is 5.88 Å². The number of rotatable bonds is 4. The summed E-state index contributed by atoms with van der Waals surface area (Å²) >= 11 is 0. The topological polar surface area (TPSA) is 55.3 Å². The van der Waals surface area contributed by atoms with E-state index in [4.69, 9.17) is 4.74 Å². The summed E-state index contributed by atoms with van der Waals surface area (Å²) in [5.74, 6) is 0.448. The predicted octanol–water partition coefficient (Wildman–Crippen LogP) is 3.24. The van der Waals surface area contributed by atoms with Crippen LogP contribution in [0.15, 0.2) is 42.7 Å². The molecule has 3 heterocycles. The van der Waals surface area contributed by atoms with Crippen molar-refractivity contribution in [2.75, 3.05) is 6.54 Å². The monoisotopic (exact) mass is 311 g/mol. The Kier molecular flexibility index (Phi) is 4.55. The SMILES string of the molecule is CC(C)Oc1cccc(C(=O)N2CCC[C@H]2c2ccncc2)n1. The number of hydrogen-bond donors (Lipinski definition) is 0. The minimum absolute atomic E-state index is 0.0317. The molecule has 0 spiro atoms. The van der Waals surface area contributed by atoms with Crippen LogP contribution in [0.5, 0.6) is 5.88 Å². The Morgan fingerprint density at radius 1 is 1.26 bits per heavy atom. The first kappa shape index (κ1) is 15.5. The number of nitrogens with zero attached hydrogens (tertiary/aromatic N) is 3. The quantitative estimate of drug-likeness (QED) is 0.870. The first-order valence-corrected chi connectivity index (χ1v) is 8.00. The third-order valence-electron chi connectivity index (χ3n) is 3.90. The van der Waals surface area contributed by atoms with Crippen LogP contribution in [0.3, 0.4) is 0 Å². The van der Waals surface area contributed by atoms with Gasteiger partial charge >= 0.3 is 0 Å². The molecule has 2 aromatic rings. The summed E-state index contributed by atoms with van der Waals surface area (Å²) in [5, 5.41) is 0. The summed E-state index contributed by atoms with van der Waals surface area (Å²) in [6.07, 6.45) is 5.54. The van der Waals surface area contributed by atoms with E-state index in [1.165, 1.54) is 0 Å². The van der Waals surface area contributed by atoms with Gasteiger partial charge in [0.1, 0.15) is 5.69 Å². The molecule has 0 bridgehead atoms. The maximum atomic E-state index is 12.9. The van der Waals surface area contributed by atoms with Crippen LogP contribution >= 0.6 is 0 Å². The Hall–Kier alpha value is -2.43. The Bertz CT molecular complexity index is 673. The van der Waals surface area contributed by atoms with Gasteiger partial charge < -0.3 is 9.64 Å². The standard InChI is InChI=1S/C18H21N3O2/c1-13(2)23-17-7-3-5-15(20-17)18(22)21-12-4-6-16(21)14-8-10-19-11-9-14/h3,5,7-11,13,16H,4,6,12H2,1-2H3/t16-/m0/s1. The number of carbonyl (C=O) groups excluding carboxylic acids is 1. The normalized spacial score (nSPS) is 17.5. The van der Waals surface area contributed by atoms with Gasteiger partial charge in [-0.3, -0.25) is 9.78 Å². The molecule has 1 aliphatic rings. The Morgan fingerprint density at radius 3 is 2.78 bits per heavy atom. The first-order valence-electron chi connectivity index (χ1n) is 8.00. The molecule has 5 nitrogen and oxygen atoms in total. The maximum absolute atomic E-state index is 12.9. The zero-order valence-corrected chi connectivity index (χ0v) is 13.5. The fraction of sp³-hybridized carbons (Fsp3) is 0.389. The van der Waals surface area contributed by atoms with Crippen molar-refractivity contribution in [1.29, 1.82) is 0 Å². The second-order valence-corrected chi connectivity index (χ2v) is 5.96. The molecule has 3 rings (SSSR count). The largest absolute Gasteiger partial charge is 0.475 e. The third kappa shape index (κ3) is 3.50. The van der Waals surface area contributed by atoms with Crippen molar-refractivity contribution >= 4 is 5.91 Å². The van der Waals surface area contributed by atoms with E-state index >= 15 is 0 Å². The average molecular weight is 311 g/mol. The molecule has 1 saturated heterocycles. The fourth-order valence-electron chi connectivity index (χ4n) is 2.93. The van der Waals surface area contributed by atoms with Crippen molar-refractivity contribution in [3.05, 3.63) is 54.0 Å². The van der Waals surface area contributed by atoms with Crippen LogP contribution < -0.4 is 4.74 Å². The Morgan fingerprint density at radius 2 is 2.04 bits per heavy atom. The van der Waals surface area contributed by atoms with Crippen molar-refractivity contribution in [3.63, 3.8) is 0 Å². The van der Waals surface area contributed by atoms with E-state index in [0.29, 0.717) is 11.6 Å². The minimum Gasteiger partial charge on any atom is -0.475 e. The van der Waals surface area contributed by atoms with Crippen LogP contribution in [0.4, 0.5) is 0 Å². The molecule has 1 fully saturated rings. The summed E-state index contributed by atoms with van der Waals surface area (Å²) in [4.78, 5) is 23.2. The van der Waals surface area contributed by atoms with Gasteiger partial charge in [-0.1, -0.05) is 6.07 Å². The minimum atomic E-state index is -0.0430. The zero-order valence-electron chi connectivity index (χ0n) is 13.5. The number of hydrogen-bond acceptors (Lipinski definition) is 4. The molecular formula is C18H21N3O2. The van der Waals surface area contributed by atoms with Crippen molar-refractivity contribution in [2.24, 2.45) is 0 Å². The highest BCUT2D eigenvalue weighted by molar-refractivity contribution is 5.93. The lowest BCUT2D eigenvalue weighted by Gasteiger charge is -2.24. The lowest BCUT2D eigenvalue weighted by molar-refractivity contribution is 0.0727. The molecule has 23 heavy (non-hydrogen) atoms. The van der Waals surface area contributed by atoms with Crippen LogP contribution in [0.1, 0.15) is 48.8 Å². The molecule has 0 N–H and O–H groups in total. The summed E-state index contributed by atoms with van der Waals surface area (Å²) in [5.41, 5.74) is 1.56. The van der Waals surface area contributed by atoms with Gasteiger partial charge in [-0.2, -0.15) is 0 Å². The van der Waals surface area contributed by atoms with Crippen LogP contribution in [-0.2, 0) is 0 Å². The van der Waals surface area contributed by atoms with Crippen LogP contribution in [0.25, 0.3) is 0 Å². The molecule has 0 radical (unpaired) electrons. The second kappa shape index (κ2) is 6.77. The number of amides is 1. The Labute approximate surface area is 136 Å². The van der Waals surface area contributed by atoms with E-state index < -0.39 is 0 Å². The molecule has 120 valence electrons. The zero-order chi connectivity index (χ0) is 16.2. The lowest BCUT2D eigenvalue weighted by Crippen LogP contribution is -2.31. The summed E-state index contributed by atoms with van der Waals surface area (Å²) < 4.78 is 5.59. The molecule has 0 saturated carbocycles. The number of aromatic nitrogens is 2. The number of pyridine rings is 2. The van der Waals surface area contributed by atoms with E-state index in [0.717, 1.165) is 24.9 Å². The summed E-state index contributed by atoms with van der Waals surface area (Å²) in [6, 6.07) is 9.39. The molecule has 1 atom stereocenters. The molecular weight excluding hydrogens is 290 g/mol. The van der Waals surface area contributed by atoms with Gasteiger partial charge in [0.2, 0.25) is 5.88 Å². The predicted molar refractivity (Wildman–Crippen MR) is 87.2 cm³/mol. The van der Waals surface area contributed by atoms with E-state index in [9.17, 15) is 4.79 Å². The van der Waals surface area contributed by atoms with Crippen molar-refractivity contribution in [2.45, 2.75) is 38.8 Å². The third-order valence-corrected chi connectivity index (χ3v) is 3.90. The van der Waals surface area contributed by atoms with Gasteiger partial charge in [-0.05, 0) is 50.5 Å². The highest BCUT2D eigenvalue weighted by atomic mass is 16.5. The molecule has 0 aromatic carbocycles. The molecule has 5 heteroatoms. The lowest BCUT2D eigenvalue weighted by atomic mass is 10.1. The highest BCUT2D eigenvalue weighted by Crippen LogP contribution is 2.32. The van der Waals surface area contributed by atoms with Gasteiger partial charge in [-0.25, -0.2) is 4.98 Å². The van der Waals surface area contributed by atoms with Crippen molar-refractivity contribution < 1.29 is 9.53 Å². The fourth-order valence-corrected chi connectivity index (χ4v) is 2.93. The first-order chi connectivity index (χ1) is 11.1. The van der Waals surface area contributed by atoms with Gasteiger partial charge in [0.05, 0.1) is 12.1 Å². The Balaban J connectivity index is 1.82. The number of likely N-dealkylation sites (tertiary alicyclic amines) is 1. The number of carbonyl (C=O) groups is 1.